The Morgan fingerprint density at radius 3 is 0.818 bits per heavy atom. The van der Waals surface area contributed by atoms with Gasteiger partial charge in [0.25, 0.3) is 0 Å². The molecule has 16 nitrogen and oxygen atoms in total. The molecule has 0 heterocycles. The molecule has 0 aliphatic rings. The second kappa shape index (κ2) is 71.9. The number of carbonyl (C=O) groups is 3. The molecular formula is C81H126O16P2. The van der Waals surface area contributed by atoms with Crippen LogP contribution in [0.15, 0.2) is 207 Å². The van der Waals surface area contributed by atoms with Crippen molar-refractivity contribution in [2.24, 2.45) is 0 Å². The van der Waals surface area contributed by atoms with E-state index in [-0.39, 0.29) is 19.3 Å². The van der Waals surface area contributed by atoms with Crippen molar-refractivity contribution in [2.45, 2.75) is 245 Å². The summed E-state index contributed by atoms with van der Waals surface area (Å²) in [6.45, 7) is 2.15. The van der Waals surface area contributed by atoms with Gasteiger partial charge >= 0.3 is 33.6 Å². The fourth-order valence-corrected chi connectivity index (χ4v) is 10.1. The quantitative estimate of drug-likeness (QED) is 0.0146. The minimum absolute atomic E-state index is 0.00969. The van der Waals surface area contributed by atoms with Gasteiger partial charge in [-0.1, -0.05) is 253 Å². The third kappa shape index (κ3) is 73.2. The lowest BCUT2D eigenvalue weighted by molar-refractivity contribution is -0.161. The first kappa shape index (κ1) is 93.1. The number of allylic oxidation sites excluding steroid dienone is 34. The maximum absolute atomic E-state index is 12.9. The first-order chi connectivity index (χ1) is 48.2. The van der Waals surface area contributed by atoms with Crippen LogP contribution in [0.25, 0.3) is 0 Å². The summed E-state index contributed by atoms with van der Waals surface area (Å²) in [6.07, 6.45) is 94.5. The van der Waals surface area contributed by atoms with E-state index in [2.05, 4.69) is 215 Å². The number of phosphoric ester groups is 2. The van der Waals surface area contributed by atoms with Crippen molar-refractivity contribution in [3.05, 3.63) is 207 Å². The minimum atomic E-state index is -4.96. The van der Waals surface area contributed by atoms with Gasteiger partial charge in [-0.05, 0) is 161 Å². The zero-order valence-corrected chi connectivity index (χ0v) is 62.1. The standard InChI is InChI=1S/C81H126O16P2/c1-4-7-10-13-16-19-22-25-28-31-33-35-37-39-41-44-46-49-52-55-58-61-64-67-79(84)91-70-76(82)71-93-98(87,88)94-72-77(83)73-95-99(89,90)96-75-78(97-81(86)69-66-63-60-57-54-51-48-43-30-27-24-21-18-15-12-9-6-3)74-92-80(85)68-65-62-59-56-53-50-47-45-42-40-38-36-34-32-29-26-23-20-17-14-11-8-5-2/h7-12,16-21,25-30,33-36,39-42,46-51,57,60,76-78,82-83H,4-6,13-15,22-24,31-32,37-38,43-45,52-56,58-59,61-75H2,1-3H3,(H,87,88)(H,89,90)/b10-7-,11-8-,12-9-,19-16-,20-17-,21-18-,28-25-,29-26-,30-27-,35-33-,36-34-,41-39-,42-40-,49-46-,50-47-,51-48-,60-57-. The lowest BCUT2D eigenvalue weighted by Gasteiger charge is -2.21. The van der Waals surface area contributed by atoms with Crippen molar-refractivity contribution in [2.75, 3.05) is 39.6 Å². The van der Waals surface area contributed by atoms with Gasteiger partial charge in [0.2, 0.25) is 0 Å². The van der Waals surface area contributed by atoms with Gasteiger partial charge in [0, 0.05) is 19.3 Å². The molecular weight excluding hydrogens is 1290 g/mol. The fourth-order valence-electron chi connectivity index (χ4n) is 8.55. The van der Waals surface area contributed by atoms with E-state index in [4.69, 9.17) is 32.3 Å². The highest BCUT2D eigenvalue weighted by Crippen LogP contribution is 2.45. The highest BCUT2D eigenvalue weighted by molar-refractivity contribution is 7.47. The van der Waals surface area contributed by atoms with Crippen LogP contribution in [0.1, 0.15) is 226 Å². The Bertz CT molecular complexity index is 2630. The van der Waals surface area contributed by atoms with E-state index in [0.717, 1.165) is 161 Å². The Labute approximate surface area is 597 Å². The van der Waals surface area contributed by atoms with Crippen molar-refractivity contribution in [3.63, 3.8) is 0 Å². The zero-order valence-electron chi connectivity index (χ0n) is 60.3. The Hall–Kier alpha value is -5.87. The number of aliphatic hydroxyl groups is 2. The van der Waals surface area contributed by atoms with Crippen molar-refractivity contribution in [1.82, 2.24) is 0 Å². The summed E-state index contributed by atoms with van der Waals surface area (Å²) in [7, 11) is -9.84. The van der Waals surface area contributed by atoms with Gasteiger partial charge in [-0.3, -0.25) is 32.5 Å². The Morgan fingerprint density at radius 2 is 0.515 bits per heavy atom. The lowest BCUT2D eigenvalue weighted by Crippen LogP contribution is -2.30. The summed E-state index contributed by atoms with van der Waals surface area (Å²) >= 11 is 0. The van der Waals surface area contributed by atoms with Crippen LogP contribution >= 0.6 is 15.6 Å². The summed E-state index contributed by atoms with van der Waals surface area (Å²) < 4.78 is 60.9. The Balaban J connectivity index is 4.81. The topological polar surface area (TPSA) is 231 Å². The van der Waals surface area contributed by atoms with Crippen molar-refractivity contribution in [1.29, 1.82) is 0 Å². The molecule has 0 saturated carbocycles. The van der Waals surface area contributed by atoms with Crippen LogP contribution in [0.2, 0.25) is 0 Å². The van der Waals surface area contributed by atoms with Crippen LogP contribution in [0.4, 0.5) is 0 Å². The van der Waals surface area contributed by atoms with Crippen molar-refractivity contribution < 1.29 is 75.8 Å². The smallest absolute Gasteiger partial charge is 0.463 e. The van der Waals surface area contributed by atoms with Crippen molar-refractivity contribution >= 4 is 33.6 Å². The molecule has 0 bridgehead atoms. The van der Waals surface area contributed by atoms with Gasteiger partial charge < -0.3 is 34.2 Å². The average molecular weight is 1420 g/mol. The van der Waals surface area contributed by atoms with Crippen LogP contribution in [-0.4, -0.2) is 95.9 Å². The summed E-state index contributed by atoms with van der Waals surface area (Å²) in [5, 5.41) is 20.6. The number of rotatable bonds is 66. The molecule has 0 aromatic carbocycles. The van der Waals surface area contributed by atoms with Crippen molar-refractivity contribution in [3.8, 4) is 0 Å². The summed E-state index contributed by atoms with van der Waals surface area (Å²) in [5.74, 6) is -1.72. The third-order valence-corrected chi connectivity index (χ3v) is 15.9. The molecule has 0 amide bonds. The van der Waals surface area contributed by atoms with Gasteiger partial charge in [-0.15, -0.1) is 0 Å². The maximum Gasteiger partial charge on any atom is 0.472 e. The molecule has 0 aliphatic carbocycles. The second-order valence-corrected chi connectivity index (χ2v) is 26.1. The van der Waals surface area contributed by atoms with E-state index in [1.54, 1.807) is 0 Å². The van der Waals surface area contributed by atoms with Crippen LogP contribution in [0.3, 0.4) is 0 Å². The molecule has 99 heavy (non-hydrogen) atoms. The predicted octanol–water partition coefficient (Wildman–Crippen LogP) is 21.0. The number of unbranched alkanes of at least 4 members (excludes halogenated alkanes) is 9. The van der Waals surface area contributed by atoms with Crippen LogP contribution < -0.4 is 0 Å². The highest BCUT2D eigenvalue weighted by atomic mass is 31.2. The fraction of sp³-hybridized carbons (Fsp3) is 0.543. The number of aliphatic hydroxyl groups excluding tert-OH is 2. The van der Waals surface area contributed by atoms with E-state index in [1.807, 2.05) is 12.2 Å². The molecule has 0 aromatic heterocycles. The van der Waals surface area contributed by atoms with E-state index in [9.17, 15) is 43.5 Å². The lowest BCUT2D eigenvalue weighted by atomic mass is 10.1. The second-order valence-electron chi connectivity index (χ2n) is 23.2. The molecule has 556 valence electrons. The number of hydrogen-bond acceptors (Lipinski definition) is 14. The third-order valence-electron chi connectivity index (χ3n) is 14.0. The maximum atomic E-state index is 12.9. The molecule has 0 radical (unpaired) electrons. The zero-order chi connectivity index (χ0) is 72.3. The van der Waals surface area contributed by atoms with E-state index in [0.29, 0.717) is 25.7 Å². The molecule has 5 unspecified atom stereocenters. The van der Waals surface area contributed by atoms with Crippen LogP contribution in [-0.2, 0) is 55.8 Å². The number of carbonyl (C=O) groups excluding carboxylic acids is 3. The predicted molar refractivity (Wildman–Crippen MR) is 407 cm³/mol. The van der Waals surface area contributed by atoms with Gasteiger partial charge in [-0.25, -0.2) is 9.13 Å². The number of phosphoric acid groups is 2. The monoisotopic (exact) mass is 1420 g/mol. The molecule has 5 atom stereocenters. The van der Waals surface area contributed by atoms with Gasteiger partial charge in [0.15, 0.2) is 6.10 Å². The number of ether oxygens (including phenoxy) is 3. The van der Waals surface area contributed by atoms with E-state index < -0.39 is 91.5 Å². The molecule has 0 spiro atoms. The van der Waals surface area contributed by atoms with Crippen LogP contribution in [0, 0.1) is 0 Å². The Kier molecular flexibility index (Phi) is 67.7. The summed E-state index contributed by atoms with van der Waals surface area (Å²) in [6, 6.07) is 0. The molecule has 0 saturated heterocycles. The molecule has 0 fully saturated rings. The van der Waals surface area contributed by atoms with Crippen LogP contribution in [0.5, 0.6) is 0 Å². The van der Waals surface area contributed by atoms with E-state index in [1.165, 1.54) is 0 Å². The normalized spacial score (nSPS) is 15.3. The summed E-state index contributed by atoms with van der Waals surface area (Å²) in [4.78, 5) is 58.5. The molecule has 0 aliphatic heterocycles. The SMILES string of the molecule is CC/C=C\C/C=C\C/C=C\C/C=C\C/C=C\C/C=C\CCCCCCC(=O)OCC(O)COP(=O)(O)OCC(O)COP(=O)(O)OCC(COC(=O)CCCCCC/C=C\C/C=C\C/C=C\C/C=C\C/C=C\C/C=C\CC)OC(=O)CCC/C=C\C/C=C\C/C=C\C/C=C\C/C=C\CC. The number of esters is 3. The van der Waals surface area contributed by atoms with Gasteiger partial charge in [0.1, 0.15) is 25.4 Å². The molecule has 0 rings (SSSR count). The first-order valence-electron chi connectivity index (χ1n) is 36.4. The highest BCUT2D eigenvalue weighted by Gasteiger charge is 2.29. The average Bonchev–Trinajstić information content (AvgIpc) is 2.19. The first-order valence-corrected chi connectivity index (χ1v) is 39.4. The van der Waals surface area contributed by atoms with Gasteiger partial charge in [-0.2, -0.15) is 0 Å². The minimum Gasteiger partial charge on any atom is -0.463 e. The van der Waals surface area contributed by atoms with Gasteiger partial charge in [0.05, 0.1) is 26.4 Å². The summed E-state index contributed by atoms with van der Waals surface area (Å²) in [5.41, 5.74) is 0. The largest absolute Gasteiger partial charge is 0.472 e. The van der Waals surface area contributed by atoms with E-state index >= 15 is 0 Å². The molecule has 4 N–H and O–H groups in total. The Morgan fingerprint density at radius 1 is 0.283 bits per heavy atom. The molecule has 18 heteroatoms. The molecule has 0 aromatic rings. The number of hydrogen-bond donors (Lipinski definition) is 4.